The van der Waals surface area contributed by atoms with E-state index in [0.29, 0.717) is 18.2 Å². The molecule has 0 heterocycles. The Kier molecular flexibility index (Phi) is 5.72. The predicted octanol–water partition coefficient (Wildman–Crippen LogP) is 5.16. The maximum Gasteiger partial charge on any atom is 0.303 e. The van der Waals surface area contributed by atoms with Gasteiger partial charge in [-0.25, -0.2) is 0 Å². The highest BCUT2D eigenvalue weighted by atomic mass is 35.5. The first-order valence-electron chi connectivity index (χ1n) is 8.79. The zero-order valence-corrected chi connectivity index (χ0v) is 15.5. The summed E-state index contributed by atoms with van der Waals surface area (Å²) in [4.78, 5) is 10.8. The van der Waals surface area contributed by atoms with Crippen molar-refractivity contribution in [3.63, 3.8) is 0 Å². The summed E-state index contributed by atoms with van der Waals surface area (Å²) in [6.45, 7) is 3.13. The third kappa shape index (κ3) is 5.15. The molecule has 0 amide bonds. The largest absolute Gasteiger partial charge is 0.493 e. The Morgan fingerprint density at radius 2 is 1.77 bits per heavy atom. The van der Waals surface area contributed by atoms with Crippen molar-refractivity contribution in [3.8, 4) is 11.5 Å². The van der Waals surface area contributed by atoms with E-state index in [0.717, 1.165) is 29.9 Å². The molecule has 5 heteroatoms. The monoisotopic (exact) mass is 374 g/mol. The lowest BCUT2D eigenvalue weighted by atomic mass is 9.98. The Morgan fingerprint density at radius 1 is 1.12 bits per heavy atom. The van der Waals surface area contributed by atoms with Gasteiger partial charge in [-0.2, -0.15) is 0 Å². The standard InChI is InChI=1S/C21H23ClO4/c1-15(11-20(23)24)16-5-7-18(8-6-16)25-13-21(9-10-21)14-26-19-4-2-3-17(22)12-19/h2-8,12,15H,9-11,13-14H2,1H3,(H,23,24). The molecule has 2 aromatic carbocycles. The van der Waals surface area contributed by atoms with E-state index >= 15 is 0 Å². The first kappa shape index (κ1) is 18.6. The van der Waals surface area contributed by atoms with E-state index < -0.39 is 5.97 Å². The maximum atomic E-state index is 10.8. The molecule has 4 nitrogen and oxygen atoms in total. The van der Waals surface area contributed by atoms with Gasteiger partial charge in [-0.05, 0) is 54.7 Å². The van der Waals surface area contributed by atoms with Crippen LogP contribution < -0.4 is 9.47 Å². The molecule has 1 unspecified atom stereocenters. The first-order valence-corrected chi connectivity index (χ1v) is 9.17. The van der Waals surface area contributed by atoms with Gasteiger partial charge >= 0.3 is 5.97 Å². The van der Waals surface area contributed by atoms with E-state index in [1.54, 1.807) is 0 Å². The summed E-state index contributed by atoms with van der Waals surface area (Å²) < 4.78 is 11.8. The van der Waals surface area contributed by atoms with Crippen LogP contribution in [0.2, 0.25) is 5.02 Å². The number of carbonyl (C=O) groups is 1. The van der Waals surface area contributed by atoms with Crippen molar-refractivity contribution in [1.29, 1.82) is 0 Å². The second-order valence-electron chi connectivity index (χ2n) is 7.10. The van der Waals surface area contributed by atoms with Gasteiger partial charge in [0, 0.05) is 10.4 Å². The summed E-state index contributed by atoms with van der Waals surface area (Å²) in [5.74, 6) is 0.779. The molecule has 0 spiro atoms. The molecule has 0 aliphatic heterocycles. The van der Waals surface area contributed by atoms with Crippen LogP contribution >= 0.6 is 11.6 Å². The predicted molar refractivity (Wildman–Crippen MR) is 101 cm³/mol. The smallest absolute Gasteiger partial charge is 0.303 e. The number of aliphatic carboxylic acids is 1. The van der Waals surface area contributed by atoms with Crippen molar-refractivity contribution >= 4 is 17.6 Å². The van der Waals surface area contributed by atoms with Crippen LogP contribution in [0.3, 0.4) is 0 Å². The van der Waals surface area contributed by atoms with Crippen LogP contribution in [0.4, 0.5) is 0 Å². The Bertz CT molecular complexity index is 753. The lowest BCUT2D eigenvalue weighted by Crippen LogP contribution is -2.21. The highest BCUT2D eigenvalue weighted by Gasteiger charge is 2.44. The van der Waals surface area contributed by atoms with Crippen LogP contribution in [-0.4, -0.2) is 24.3 Å². The quantitative estimate of drug-likeness (QED) is 0.659. The molecule has 1 saturated carbocycles. The van der Waals surface area contributed by atoms with Gasteiger partial charge in [0.1, 0.15) is 11.5 Å². The van der Waals surface area contributed by atoms with Gasteiger partial charge < -0.3 is 14.6 Å². The number of hydrogen-bond acceptors (Lipinski definition) is 3. The Hall–Kier alpha value is -2.20. The van der Waals surface area contributed by atoms with Crippen LogP contribution in [0, 0.1) is 5.41 Å². The third-order valence-electron chi connectivity index (χ3n) is 4.77. The second-order valence-corrected chi connectivity index (χ2v) is 7.54. The minimum atomic E-state index is -0.784. The van der Waals surface area contributed by atoms with Crippen molar-refractivity contribution < 1.29 is 19.4 Å². The van der Waals surface area contributed by atoms with Crippen molar-refractivity contribution in [2.24, 2.45) is 5.41 Å². The Labute approximate surface area is 158 Å². The van der Waals surface area contributed by atoms with Gasteiger partial charge in [0.05, 0.1) is 19.6 Å². The molecule has 26 heavy (non-hydrogen) atoms. The zero-order valence-electron chi connectivity index (χ0n) is 14.8. The number of halogens is 1. The van der Waals surface area contributed by atoms with Gasteiger partial charge in [-0.1, -0.05) is 36.7 Å². The van der Waals surface area contributed by atoms with E-state index in [1.807, 2.05) is 55.5 Å². The van der Waals surface area contributed by atoms with Crippen molar-refractivity contribution in [1.82, 2.24) is 0 Å². The Morgan fingerprint density at radius 3 is 2.35 bits per heavy atom. The van der Waals surface area contributed by atoms with Crippen LogP contribution in [0.25, 0.3) is 0 Å². The maximum absolute atomic E-state index is 10.8. The summed E-state index contributed by atoms with van der Waals surface area (Å²) in [7, 11) is 0. The second kappa shape index (κ2) is 8.00. The summed E-state index contributed by atoms with van der Waals surface area (Å²) in [6.07, 6.45) is 2.30. The van der Waals surface area contributed by atoms with Gasteiger partial charge in [0.25, 0.3) is 0 Å². The lowest BCUT2D eigenvalue weighted by molar-refractivity contribution is -0.137. The van der Waals surface area contributed by atoms with Crippen LogP contribution in [0.5, 0.6) is 11.5 Å². The number of hydrogen-bond donors (Lipinski definition) is 1. The van der Waals surface area contributed by atoms with E-state index in [2.05, 4.69) is 0 Å². The third-order valence-corrected chi connectivity index (χ3v) is 5.01. The molecule has 1 atom stereocenters. The van der Waals surface area contributed by atoms with E-state index in [1.165, 1.54) is 0 Å². The number of carboxylic acids is 1. The van der Waals surface area contributed by atoms with Gasteiger partial charge in [-0.3, -0.25) is 4.79 Å². The molecule has 0 aromatic heterocycles. The van der Waals surface area contributed by atoms with Crippen molar-refractivity contribution in [3.05, 3.63) is 59.1 Å². The zero-order chi connectivity index (χ0) is 18.6. The SMILES string of the molecule is CC(CC(=O)O)c1ccc(OCC2(COc3cccc(Cl)c3)CC2)cc1. The van der Waals surface area contributed by atoms with Crippen LogP contribution in [-0.2, 0) is 4.79 Å². The molecule has 0 radical (unpaired) electrons. The topological polar surface area (TPSA) is 55.8 Å². The number of ether oxygens (including phenoxy) is 2. The van der Waals surface area contributed by atoms with Crippen molar-refractivity contribution in [2.75, 3.05) is 13.2 Å². The number of rotatable bonds is 9. The van der Waals surface area contributed by atoms with Crippen molar-refractivity contribution in [2.45, 2.75) is 32.1 Å². The molecule has 0 saturated heterocycles. The molecular weight excluding hydrogens is 352 g/mol. The van der Waals surface area contributed by atoms with Crippen LogP contribution in [0.1, 0.15) is 37.7 Å². The summed E-state index contributed by atoms with van der Waals surface area (Å²) in [5, 5.41) is 9.55. The average Bonchev–Trinajstić information content (AvgIpc) is 3.39. The molecule has 0 bridgehead atoms. The molecule has 1 fully saturated rings. The molecule has 2 aromatic rings. The normalized spacial score (nSPS) is 15.9. The van der Waals surface area contributed by atoms with E-state index in [4.69, 9.17) is 26.2 Å². The molecular formula is C21H23ClO4. The van der Waals surface area contributed by atoms with Gasteiger partial charge in [0.2, 0.25) is 0 Å². The van der Waals surface area contributed by atoms with Crippen LogP contribution in [0.15, 0.2) is 48.5 Å². The molecule has 1 aliphatic carbocycles. The summed E-state index contributed by atoms with van der Waals surface area (Å²) in [6, 6.07) is 15.1. The number of benzene rings is 2. The minimum Gasteiger partial charge on any atom is -0.493 e. The van der Waals surface area contributed by atoms with E-state index in [-0.39, 0.29) is 17.8 Å². The number of carboxylic acid groups (broad SMARTS) is 1. The molecule has 1 N–H and O–H groups in total. The van der Waals surface area contributed by atoms with E-state index in [9.17, 15) is 4.79 Å². The first-order chi connectivity index (χ1) is 12.5. The Balaban J connectivity index is 1.49. The fourth-order valence-corrected chi connectivity index (χ4v) is 2.99. The molecule has 3 rings (SSSR count). The highest BCUT2D eigenvalue weighted by molar-refractivity contribution is 6.30. The molecule has 138 valence electrons. The fraction of sp³-hybridized carbons (Fsp3) is 0.381. The summed E-state index contributed by atoms with van der Waals surface area (Å²) in [5.41, 5.74) is 1.07. The lowest BCUT2D eigenvalue weighted by Gasteiger charge is -2.18. The molecule has 1 aliphatic rings. The minimum absolute atomic E-state index is 0.0116. The average molecular weight is 375 g/mol. The summed E-state index contributed by atoms with van der Waals surface area (Å²) >= 11 is 5.98. The van der Waals surface area contributed by atoms with Gasteiger partial charge in [0.15, 0.2) is 0 Å². The highest BCUT2D eigenvalue weighted by Crippen LogP contribution is 2.46. The van der Waals surface area contributed by atoms with Gasteiger partial charge in [-0.15, -0.1) is 0 Å². The fourth-order valence-electron chi connectivity index (χ4n) is 2.81.